The van der Waals surface area contributed by atoms with Gasteiger partial charge in [0.1, 0.15) is 0 Å². The normalized spacial score (nSPS) is 12.7. The summed E-state index contributed by atoms with van der Waals surface area (Å²) in [6, 6.07) is 1.26. The Hall–Kier alpha value is -0.870. The van der Waals surface area contributed by atoms with Gasteiger partial charge < -0.3 is 9.84 Å². The number of ether oxygens (including phenoxy) is 1. The van der Waals surface area contributed by atoms with E-state index in [4.69, 9.17) is 16.7 Å². The van der Waals surface area contributed by atoms with Crippen molar-refractivity contribution >= 4 is 11.6 Å². The molecule has 0 saturated carbocycles. The maximum Gasteiger partial charge on any atom is 0.202 e. The molecule has 0 bridgehead atoms. The van der Waals surface area contributed by atoms with Gasteiger partial charge in [0, 0.05) is 12.5 Å². The summed E-state index contributed by atoms with van der Waals surface area (Å²) in [7, 11) is 1.21. The molecule has 0 amide bonds. The van der Waals surface area contributed by atoms with Crippen LogP contribution >= 0.6 is 11.6 Å². The molecule has 0 aromatic heterocycles. The van der Waals surface area contributed by atoms with E-state index in [9.17, 15) is 8.78 Å². The Morgan fingerprint density at radius 1 is 1.47 bits per heavy atom. The highest BCUT2D eigenvalue weighted by atomic mass is 35.5. The Bertz CT molecular complexity index is 369. The number of aliphatic hydroxyl groups is 1. The molecule has 0 saturated heterocycles. The molecule has 15 heavy (non-hydrogen) atoms. The fourth-order valence-electron chi connectivity index (χ4n) is 1.24. The van der Waals surface area contributed by atoms with Gasteiger partial charge in [0.25, 0.3) is 0 Å². The molecule has 0 aliphatic heterocycles. The quantitative estimate of drug-likeness (QED) is 0.818. The molecule has 1 aromatic carbocycles. The molecule has 2 nitrogen and oxygen atoms in total. The molecule has 0 radical (unpaired) electrons. The van der Waals surface area contributed by atoms with Crippen LogP contribution in [0.15, 0.2) is 6.07 Å². The van der Waals surface area contributed by atoms with Gasteiger partial charge >= 0.3 is 0 Å². The minimum atomic E-state index is -1.12. The predicted octanol–water partition coefficient (Wildman–Crippen LogP) is 2.72. The van der Waals surface area contributed by atoms with Crippen LogP contribution in [0.4, 0.5) is 8.78 Å². The molecule has 1 atom stereocenters. The smallest absolute Gasteiger partial charge is 0.202 e. The van der Waals surface area contributed by atoms with Crippen molar-refractivity contribution in [3.8, 4) is 5.75 Å². The van der Waals surface area contributed by atoms with Crippen LogP contribution in [0, 0.1) is 11.6 Å². The average molecular weight is 237 g/mol. The largest absolute Gasteiger partial charge is 0.492 e. The van der Waals surface area contributed by atoms with Gasteiger partial charge in [-0.15, -0.1) is 0 Å². The summed E-state index contributed by atoms with van der Waals surface area (Å²) in [6.07, 6.45) is 0. The number of hydrogen-bond acceptors (Lipinski definition) is 2. The van der Waals surface area contributed by atoms with E-state index in [1.54, 1.807) is 6.92 Å². The van der Waals surface area contributed by atoms with E-state index in [2.05, 4.69) is 4.74 Å². The maximum absolute atomic E-state index is 13.4. The van der Waals surface area contributed by atoms with Crippen LogP contribution < -0.4 is 4.74 Å². The first-order chi connectivity index (χ1) is 7.02. The summed E-state index contributed by atoms with van der Waals surface area (Å²) >= 11 is 5.69. The van der Waals surface area contributed by atoms with E-state index in [1.165, 1.54) is 13.2 Å². The molecule has 0 aliphatic rings. The van der Waals surface area contributed by atoms with E-state index >= 15 is 0 Å². The third kappa shape index (κ3) is 2.21. The summed E-state index contributed by atoms with van der Waals surface area (Å²) < 4.78 is 31.4. The van der Waals surface area contributed by atoms with Crippen molar-refractivity contribution in [1.29, 1.82) is 0 Å². The Morgan fingerprint density at radius 3 is 2.53 bits per heavy atom. The highest BCUT2D eigenvalue weighted by Crippen LogP contribution is 2.34. The molecular weight excluding hydrogens is 226 g/mol. The highest BCUT2D eigenvalue weighted by Gasteiger charge is 2.21. The molecule has 1 N–H and O–H groups in total. The first-order valence-electron chi connectivity index (χ1n) is 4.35. The van der Waals surface area contributed by atoms with Gasteiger partial charge in [-0.25, -0.2) is 4.39 Å². The third-order valence-electron chi connectivity index (χ3n) is 2.15. The number of halogens is 3. The van der Waals surface area contributed by atoms with E-state index in [0.29, 0.717) is 0 Å². The van der Waals surface area contributed by atoms with Crippen molar-refractivity contribution in [3.63, 3.8) is 0 Å². The minimum Gasteiger partial charge on any atom is -0.492 e. The zero-order chi connectivity index (χ0) is 11.6. The number of aliphatic hydroxyl groups excluding tert-OH is 1. The SMILES string of the molecule is COc1c(Cl)cc(C(C)CO)c(F)c1F. The van der Waals surface area contributed by atoms with Crippen molar-refractivity contribution in [1.82, 2.24) is 0 Å². The molecule has 0 spiro atoms. The minimum absolute atomic E-state index is 0.00769. The van der Waals surface area contributed by atoms with Crippen LogP contribution in [0.5, 0.6) is 5.75 Å². The van der Waals surface area contributed by atoms with Crippen LogP contribution in [0.1, 0.15) is 18.4 Å². The summed E-state index contributed by atoms with van der Waals surface area (Å²) in [6.45, 7) is 1.29. The highest BCUT2D eigenvalue weighted by molar-refractivity contribution is 6.32. The Kier molecular flexibility index (Phi) is 3.88. The van der Waals surface area contributed by atoms with Gasteiger partial charge in [0.2, 0.25) is 5.82 Å². The first-order valence-corrected chi connectivity index (χ1v) is 4.73. The van der Waals surface area contributed by atoms with Gasteiger partial charge in [0.05, 0.1) is 12.1 Å². The lowest BCUT2D eigenvalue weighted by Gasteiger charge is -2.13. The summed E-state index contributed by atoms with van der Waals surface area (Å²) in [5.74, 6) is -2.98. The zero-order valence-corrected chi connectivity index (χ0v) is 9.11. The Morgan fingerprint density at radius 2 is 2.07 bits per heavy atom. The van der Waals surface area contributed by atoms with E-state index < -0.39 is 17.6 Å². The fourth-order valence-corrected chi connectivity index (χ4v) is 1.52. The molecular formula is C10H11ClF2O2. The van der Waals surface area contributed by atoms with Crippen molar-refractivity contribution in [2.24, 2.45) is 0 Å². The monoisotopic (exact) mass is 236 g/mol. The first kappa shape index (κ1) is 12.2. The summed E-state index contributed by atoms with van der Waals surface area (Å²) in [5.41, 5.74) is 0.0424. The number of hydrogen-bond donors (Lipinski definition) is 1. The Balaban J connectivity index is 3.33. The fraction of sp³-hybridized carbons (Fsp3) is 0.400. The molecule has 0 fully saturated rings. The molecule has 84 valence electrons. The van der Waals surface area contributed by atoms with Crippen molar-refractivity contribution in [3.05, 3.63) is 28.3 Å². The van der Waals surface area contributed by atoms with Crippen molar-refractivity contribution in [2.75, 3.05) is 13.7 Å². The van der Waals surface area contributed by atoms with Crippen LogP contribution in [-0.4, -0.2) is 18.8 Å². The van der Waals surface area contributed by atoms with Crippen LogP contribution in [0.3, 0.4) is 0 Å². The standard InChI is InChI=1S/C10H11ClF2O2/c1-5(4-14)6-3-7(11)10(15-2)9(13)8(6)12/h3,5,14H,4H2,1-2H3. The Labute approximate surface area is 91.4 Å². The predicted molar refractivity (Wildman–Crippen MR) is 53.4 cm³/mol. The van der Waals surface area contributed by atoms with Gasteiger partial charge in [-0.3, -0.25) is 0 Å². The number of methoxy groups -OCH3 is 1. The van der Waals surface area contributed by atoms with Crippen molar-refractivity contribution in [2.45, 2.75) is 12.8 Å². The second-order valence-corrected chi connectivity index (χ2v) is 3.60. The van der Waals surface area contributed by atoms with Gasteiger partial charge in [0.15, 0.2) is 11.6 Å². The second-order valence-electron chi connectivity index (χ2n) is 3.19. The van der Waals surface area contributed by atoms with E-state index in [-0.39, 0.29) is 22.9 Å². The molecule has 1 aromatic rings. The number of rotatable bonds is 3. The number of benzene rings is 1. The summed E-state index contributed by atoms with van der Waals surface area (Å²) in [5, 5.41) is 8.85. The van der Waals surface area contributed by atoms with E-state index in [1.807, 2.05) is 0 Å². The molecule has 5 heteroatoms. The maximum atomic E-state index is 13.4. The topological polar surface area (TPSA) is 29.5 Å². The van der Waals surface area contributed by atoms with Gasteiger partial charge in [-0.2, -0.15) is 4.39 Å². The molecule has 1 rings (SSSR count). The van der Waals surface area contributed by atoms with Crippen LogP contribution in [-0.2, 0) is 0 Å². The molecule has 1 unspecified atom stereocenters. The third-order valence-corrected chi connectivity index (χ3v) is 2.43. The lowest BCUT2D eigenvalue weighted by molar-refractivity contribution is 0.269. The van der Waals surface area contributed by atoms with Crippen LogP contribution in [0.25, 0.3) is 0 Å². The van der Waals surface area contributed by atoms with E-state index in [0.717, 1.165) is 0 Å². The lowest BCUT2D eigenvalue weighted by atomic mass is 10.0. The van der Waals surface area contributed by atoms with Gasteiger partial charge in [-0.1, -0.05) is 18.5 Å². The van der Waals surface area contributed by atoms with Crippen molar-refractivity contribution < 1.29 is 18.6 Å². The average Bonchev–Trinajstić information content (AvgIpc) is 2.23. The second kappa shape index (κ2) is 4.77. The van der Waals surface area contributed by atoms with Crippen LogP contribution in [0.2, 0.25) is 5.02 Å². The lowest BCUT2D eigenvalue weighted by Crippen LogP contribution is -2.05. The molecule has 0 aliphatic carbocycles. The summed E-state index contributed by atoms with van der Waals surface area (Å²) in [4.78, 5) is 0. The zero-order valence-electron chi connectivity index (χ0n) is 8.35. The van der Waals surface area contributed by atoms with Gasteiger partial charge in [-0.05, 0) is 11.6 Å². The molecule has 0 heterocycles.